The fourth-order valence-electron chi connectivity index (χ4n) is 2.91. The molecule has 1 saturated heterocycles. The molecule has 1 aromatic rings. The van der Waals surface area contributed by atoms with E-state index < -0.39 is 0 Å². The minimum absolute atomic E-state index is 0.138. The lowest BCUT2D eigenvalue weighted by Gasteiger charge is -2.48. The molecule has 2 atom stereocenters. The lowest BCUT2D eigenvalue weighted by molar-refractivity contribution is 0.104. The number of rotatable bonds is 4. The molecule has 0 bridgehead atoms. The number of likely N-dealkylation sites (N-methyl/N-ethyl adjacent to an activating group) is 1. The van der Waals surface area contributed by atoms with Crippen LogP contribution in [0.3, 0.4) is 0 Å². The highest BCUT2D eigenvalue weighted by atomic mass is 32.2. The molecule has 0 aromatic carbocycles. The Hall–Kier alpha value is -0.520. The summed E-state index contributed by atoms with van der Waals surface area (Å²) in [6.07, 6.45) is 6.50. The second kappa shape index (κ2) is 5.63. The first kappa shape index (κ1) is 13.9. The average molecular weight is 268 g/mol. The summed E-state index contributed by atoms with van der Waals surface area (Å²) in [5.41, 5.74) is 7.51. The molecule has 0 aliphatic carbocycles. The van der Waals surface area contributed by atoms with E-state index in [2.05, 4.69) is 41.9 Å². The van der Waals surface area contributed by atoms with Gasteiger partial charge in [0.05, 0.1) is 6.20 Å². The number of hydrogen-bond donors (Lipinski definition) is 1. The smallest absolute Gasteiger partial charge is 0.0534 e. The van der Waals surface area contributed by atoms with E-state index in [1.807, 2.05) is 17.9 Å². The zero-order valence-electron chi connectivity index (χ0n) is 11.6. The van der Waals surface area contributed by atoms with Crippen molar-refractivity contribution in [1.82, 2.24) is 14.7 Å². The van der Waals surface area contributed by atoms with Gasteiger partial charge in [-0.05, 0) is 25.6 Å². The molecule has 18 heavy (non-hydrogen) atoms. The number of aromatic nitrogens is 2. The monoisotopic (exact) mass is 268 g/mol. The van der Waals surface area contributed by atoms with Crippen LogP contribution in [0.25, 0.3) is 0 Å². The molecule has 2 heterocycles. The SMILES string of the molecule is CC1SCCCC1(CN)N(C)Cc1cnn(C)c1. The Labute approximate surface area is 114 Å². The van der Waals surface area contributed by atoms with Gasteiger partial charge in [0.25, 0.3) is 0 Å². The van der Waals surface area contributed by atoms with E-state index >= 15 is 0 Å². The third-order valence-electron chi connectivity index (χ3n) is 4.17. The van der Waals surface area contributed by atoms with Gasteiger partial charge in [-0.25, -0.2) is 0 Å². The van der Waals surface area contributed by atoms with Crippen LogP contribution in [0.5, 0.6) is 0 Å². The maximum atomic E-state index is 6.11. The molecule has 1 aliphatic rings. The largest absolute Gasteiger partial charge is 0.329 e. The van der Waals surface area contributed by atoms with Gasteiger partial charge in [0.1, 0.15) is 0 Å². The lowest BCUT2D eigenvalue weighted by atomic mass is 9.87. The van der Waals surface area contributed by atoms with Crippen LogP contribution in [0, 0.1) is 0 Å². The molecule has 0 saturated carbocycles. The Kier molecular flexibility index (Phi) is 4.35. The number of aryl methyl sites for hydroxylation is 1. The number of hydrogen-bond acceptors (Lipinski definition) is 4. The Morgan fingerprint density at radius 1 is 1.67 bits per heavy atom. The van der Waals surface area contributed by atoms with Crippen LogP contribution in [-0.4, -0.2) is 44.8 Å². The molecule has 0 radical (unpaired) electrons. The van der Waals surface area contributed by atoms with Crippen molar-refractivity contribution >= 4 is 11.8 Å². The standard InChI is InChI=1S/C13H24N4S/c1-11-13(10-14,5-4-6-18-11)16(2)8-12-7-15-17(3)9-12/h7,9,11H,4-6,8,10,14H2,1-3H3. The van der Waals surface area contributed by atoms with E-state index in [1.54, 1.807) is 0 Å². The molecule has 1 fully saturated rings. The molecule has 1 aliphatic heterocycles. The molecule has 1 aromatic heterocycles. The number of thioether (sulfide) groups is 1. The third kappa shape index (κ3) is 2.58. The van der Waals surface area contributed by atoms with E-state index in [4.69, 9.17) is 5.73 Å². The van der Waals surface area contributed by atoms with Crippen molar-refractivity contribution in [2.24, 2.45) is 12.8 Å². The van der Waals surface area contributed by atoms with Crippen LogP contribution >= 0.6 is 11.8 Å². The van der Waals surface area contributed by atoms with Gasteiger partial charge in [-0.2, -0.15) is 16.9 Å². The zero-order valence-corrected chi connectivity index (χ0v) is 12.4. The topological polar surface area (TPSA) is 47.1 Å². The highest BCUT2D eigenvalue weighted by molar-refractivity contribution is 8.00. The first-order valence-corrected chi connectivity index (χ1v) is 7.64. The lowest BCUT2D eigenvalue weighted by Crippen LogP contribution is -2.59. The average Bonchev–Trinajstić information content (AvgIpc) is 2.75. The summed E-state index contributed by atoms with van der Waals surface area (Å²) in [4.78, 5) is 2.43. The van der Waals surface area contributed by atoms with Crippen LogP contribution in [-0.2, 0) is 13.6 Å². The van der Waals surface area contributed by atoms with Gasteiger partial charge in [-0.1, -0.05) is 6.92 Å². The molecule has 0 amide bonds. The molecule has 4 nitrogen and oxygen atoms in total. The van der Waals surface area contributed by atoms with Gasteiger partial charge in [0.15, 0.2) is 0 Å². The van der Waals surface area contributed by atoms with E-state index in [1.165, 1.54) is 24.2 Å². The van der Waals surface area contributed by atoms with Gasteiger partial charge in [0.2, 0.25) is 0 Å². The van der Waals surface area contributed by atoms with Crippen LogP contribution in [0.4, 0.5) is 0 Å². The highest BCUT2D eigenvalue weighted by Gasteiger charge is 2.40. The van der Waals surface area contributed by atoms with E-state index in [-0.39, 0.29) is 5.54 Å². The van der Waals surface area contributed by atoms with Crippen LogP contribution in [0.15, 0.2) is 12.4 Å². The Bertz CT molecular complexity index is 392. The zero-order chi connectivity index (χ0) is 13.2. The summed E-state index contributed by atoms with van der Waals surface area (Å²) >= 11 is 2.05. The van der Waals surface area contributed by atoms with Crippen molar-refractivity contribution in [1.29, 1.82) is 0 Å². The van der Waals surface area contributed by atoms with Gasteiger partial charge in [-0.15, -0.1) is 0 Å². The maximum Gasteiger partial charge on any atom is 0.0534 e. The molecular weight excluding hydrogens is 244 g/mol. The summed E-state index contributed by atoms with van der Waals surface area (Å²) in [7, 11) is 4.16. The number of nitrogens with zero attached hydrogens (tertiary/aromatic N) is 3. The minimum atomic E-state index is 0.138. The molecular formula is C13H24N4S. The van der Waals surface area contributed by atoms with Crippen molar-refractivity contribution in [2.75, 3.05) is 19.3 Å². The fourth-order valence-corrected chi connectivity index (χ4v) is 4.28. The Morgan fingerprint density at radius 2 is 2.44 bits per heavy atom. The fraction of sp³-hybridized carbons (Fsp3) is 0.769. The molecule has 2 rings (SSSR count). The molecule has 5 heteroatoms. The molecule has 0 spiro atoms. The predicted octanol–water partition coefficient (Wildman–Crippen LogP) is 1.46. The van der Waals surface area contributed by atoms with Gasteiger partial charge >= 0.3 is 0 Å². The molecule has 2 N–H and O–H groups in total. The maximum absolute atomic E-state index is 6.11. The summed E-state index contributed by atoms with van der Waals surface area (Å²) in [5.74, 6) is 1.27. The Balaban J connectivity index is 2.11. The van der Waals surface area contributed by atoms with Gasteiger partial charge < -0.3 is 5.73 Å². The van der Waals surface area contributed by atoms with Crippen molar-refractivity contribution < 1.29 is 0 Å². The first-order chi connectivity index (χ1) is 8.58. The molecule has 2 unspecified atom stereocenters. The second-order valence-electron chi connectivity index (χ2n) is 5.30. The molecule has 102 valence electrons. The van der Waals surface area contributed by atoms with Crippen LogP contribution in [0.2, 0.25) is 0 Å². The third-order valence-corrected chi connectivity index (χ3v) is 5.63. The van der Waals surface area contributed by atoms with E-state index in [0.717, 1.165) is 13.1 Å². The highest BCUT2D eigenvalue weighted by Crippen LogP contribution is 2.37. The minimum Gasteiger partial charge on any atom is -0.329 e. The van der Waals surface area contributed by atoms with E-state index in [9.17, 15) is 0 Å². The first-order valence-electron chi connectivity index (χ1n) is 6.59. The van der Waals surface area contributed by atoms with Gasteiger partial charge in [0, 0.05) is 42.7 Å². The van der Waals surface area contributed by atoms with Crippen molar-refractivity contribution in [3.63, 3.8) is 0 Å². The van der Waals surface area contributed by atoms with Crippen molar-refractivity contribution in [2.45, 2.75) is 37.1 Å². The summed E-state index contributed by atoms with van der Waals surface area (Å²) in [6, 6.07) is 0. The Morgan fingerprint density at radius 3 is 3.00 bits per heavy atom. The normalized spacial score (nSPS) is 28.8. The van der Waals surface area contributed by atoms with Crippen molar-refractivity contribution in [3.05, 3.63) is 18.0 Å². The van der Waals surface area contributed by atoms with Crippen LogP contribution in [0.1, 0.15) is 25.3 Å². The van der Waals surface area contributed by atoms with Crippen LogP contribution < -0.4 is 5.73 Å². The van der Waals surface area contributed by atoms with Crippen molar-refractivity contribution in [3.8, 4) is 0 Å². The summed E-state index contributed by atoms with van der Waals surface area (Å²) < 4.78 is 1.86. The van der Waals surface area contributed by atoms with E-state index in [0.29, 0.717) is 5.25 Å². The quantitative estimate of drug-likeness (QED) is 0.898. The van der Waals surface area contributed by atoms with Gasteiger partial charge in [-0.3, -0.25) is 9.58 Å². The predicted molar refractivity (Wildman–Crippen MR) is 77.6 cm³/mol. The summed E-state index contributed by atoms with van der Waals surface area (Å²) in [5, 5.41) is 4.83. The second-order valence-corrected chi connectivity index (χ2v) is 6.75. The summed E-state index contributed by atoms with van der Waals surface area (Å²) in [6.45, 7) is 3.98. The number of nitrogens with two attached hydrogens (primary N) is 1.